The molecular weight excluding hydrogens is 204 g/mol. The van der Waals surface area contributed by atoms with E-state index < -0.39 is 0 Å². The molecule has 1 unspecified atom stereocenters. The first-order valence-corrected chi connectivity index (χ1v) is 5.81. The van der Waals surface area contributed by atoms with Crippen molar-refractivity contribution in [2.24, 2.45) is 5.73 Å². The van der Waals surface area contributed by atoms with E-state index in [2.05, 4.69) is 17.9 Å². The van der Waals surface area contributed by atoms with Crippen LogP contribution in [0, 0.1) is 11.3 Å². The van der Waals surface area contributed by atoms with Crippen LogP contribution in [0.4, 0.5) is 0 Å². The Hall–Kier alpha value is -1.12. The molecule has 0 spiro atoms. The number of nitriles is 1. The van der Waals surface area contributed by atoms with E-state index in [0.29, 0.717) is 6.54 Å². The Kier molecular flexibility index (Phi) is 5.23. The Morgan fingerprint density at radius 1 is 1.44 bits per heavy atom. The van der Waals surface area contributed by atoms with Gasteiger partial charge in [0.15, 0.2) is 0 Å². The molecular formula is C11H20N4O. The summed E-state index contributed by atoms with van der Waals surface area (Å²) in [6.45, 7) is 5.78. The smallest absolute Gasteiger partial charge is 0.231 e. The highest BCUT2D eigenvalue weighted by molar-refractivity contribution is 5.75. The molecule has 1 aliphatic rings. The Balaban J connectivity index is 2.36. The van der Waals surface area contributed by atoms with Gasteiger partial charge in [-0.2, -0.15) is 5.26 Å². The maximum absolute atomic E-state index is 10.8. The number of carbonyl (C=O) groups excluding carboxylic acids is 1. The summed E-state index contributed by atoms with van der Waals surface area (Å²) in [5, 5.41) is 9.04. The average molecular weight is 224 g/mol. The summed E-state index contributed by atoms with van der Waals surface area (Å²) in [6, 6.07) is 2.37. The molecule has 0 aromatic rings. The van der Waals surface area contributed by atoms with Crippen molar-refractivity contribution >= 4 is 5.91 Å². The van der Waals surface area contributed by atoms with E-state index in [1.165, 1.54) is 0 Å². The molecule has 5 heteroatoms. The molecule has 1 rings (SSSR count). The van der Waals surface area contributed by atoms with Crippen LogP contribution in [0.3, 0.4) is 0 Å². The van der Waals surface area contributed by atoms with Gasteiger partial charge in [-0.3, -0.25) is 14.6 Å². The summed E-state index contributed by atoms with van der Waals surface area (Å²) in [4.78, 5) is 15.0. The largest absolute Gasteiger partial charge is 0.369 e. The van der Waals surface area contributed by atoms with Crippen molar-refractivity contribution < 1.29 is 4.79 Å². The van der Waals surface area contributed by atoms with Crippen LogP contribution in [-0.2, 0) is 4.79 Å². The number of hydrogen-bond donors (Lipinski definition) is 1. The molecule has 1 saturated heterocycles. The first kappa shape index (κ1) is 12.9. The summed E-state index contributed by atoms with van der Waals surface area (Å²) in [7, 11) is 0. The van der Waals surface area contributed by atoms with E-state index in [0.717, 1.165) is 39.0 Å². The van der Waals surface area contributed by atoms with Crippen LogP contribution in [0.25, 0.3) is 0 Å². The highest BCUT2D eigenvalue weighted by atomic mass is 16.1. The van der Waals surface area contributed by atoms with Gasteiger partial charge in [-0.05, 0) is 6.42 Å². The summed E-state index contributed by atoms with van der Waals surface area (Å²) in [5.74, 6) is -0.279. The third-order valence-corrected chi connectivity index (χ3v) is 2.94. The molecule has 16 heavy (non-hydrogen) atoms. The molecule has 0 aliphatic carbocycles. The van der Waals surface area contributed by atoms with Crippen LogP contribution >= 0.6 is 0 Å². The number of amides is 1. The predicted molar refractivity (Wildman–Crippen MR) is 61.5 cm³/mol. The van der Waals surface area contributed by atoms with Gasteiger partial charge in [0.1, 0.15) is 0 Å². The van der Waals surface area contributed by atoms with Crippen LogP contribution in [0.15, 0.2) is 0 Å². The highest BCUT2D eigenvalue weighted by Crippen LogP contribution is 2.10. The number of rotatable bonds is 5. The second-order valence-electron chi connectivity index (χ2n) is 4.21. The minimum Gasteiger partial charge on any atom is -0.369 e. The molecule has 0 radical (unpaired) electrons. The van der Waals surface area contributed by atoms with Gasteiger partial charge in [0.05, 0.1) is 18.7 Å². The monoisotopic (exact) mass is 224 g/mol. The van der Waals surface area contributed by atoms with Crippen LogP contribution in [0.2, 0.25) is 0 Å². The Bertz CT molecular complexity index is 266. The molecule has 2 N–H and O–H groups in total. The number of carbonyl (C=O) groups is 1. The number of nitrogens with two attached hydrogens (primary N) is 1. The summed E-state index contributed by atoms with van der Waals surface area (Å²) >= 11 is 0. The molecule has 1 heterocycles. The lowest BCUT2D eigenvalue weighted by molar-refractivity contribution is -0.119. The second-order valence-corrected chi connectivity index (χ2v) is 4.21. The topological polar surface area (TPSA) is 73.4 Å². The van der Waals surface area contributed by atoms with Gasteiger partial charge in [-0.15, -0.1) is 0 Å². The molecule has 0 bridgehead atoms. The van der Waals surface area contributed by atoms with Crippen LogP contribution in [0.1, 0.15) is 19.8 Å². The number of primary amides is 1. The van der Waals surface area contributed by atoms with Crippen LogP contribution in [0.5, 0.6) is 0 Å². The first-order valence-electron chi connectivity index (χ1n) is 5.81. The summed E-state index contributed by atoms with van der Waals surface area (Å²) < 4.78 is 0. The number of piperazine rings is 1. The zero-order valence-corrected chi connectivity index (χ0v) is 9.85. The maximum atomic E-state index is 10.8. The number of nitrogens with zero attached hydrogens (tertiary/aromatic N) is 3. The summed E-state index contributed by atoms with van der Waals surface area (Å²) in [6.07, 6.45) is 1.95. The van der Waals surface area contributed by atoms with E-state index in [4.69, 9.17) is 11.0 Å². The van der Waals surface area contributed by atoms with E-state index >= 15 is 0 Å². The van der Waals surface area contributed by atoms with E-state index in [1.807, 2.05) is 4.90 Å². The molecule has 1 atom stereocenters. The fourth-order valence-electron chi connectivity index (χ4n) is 2.06. The third-order valence-electron chi connectivity index (χ3n) is 2.94. The zero-order chi connectivity index (χ0) is 12.0. The van der Waals surface area contributed by atoms with Gasteiger partial charge in [-0.25, -0.2) is 0 Å². The lowest BCUT2D eigenvalue weighted by Crippen LogP contribution is -2.51. The minimum atomic E-state index is -0.279. The van der Waals surface area contributed by atoms with Gasteiger partial charge in [0, 0.05) is 26.2 Å². The Morgan fingerprint density at radius 2 is 2.06 bits per heavy atom. The SMILES string of the molecule is CCCC(C#N)N1CCN(CC(N)=O)CC1. The molecule has 0 aromatic heterocycles. The molecule has 1 fully saturated rings. The zero-order valence-electron chi connectivity index (χ0n) is 9.85. The van der Waals surface area contributed by atoms with Crippen molar-refractivity contribution in [3.8, 4) is 6.07 Å². The van der Waals surface area contributed by atoms with Crippen molar-refractivity contribution in [1.82, 2.24) is 9.80 Å². The first-order chi connectivity index (χ1) is 7.67. The minimum absolute atomic E-state index is 0.0285. The van der Waals surface area contributed by atoms with E-state index in [9.17, 15) is 4.79 Å². The summed E-state index contributed by atoms with van der Waals surface area (Å²) in [5.41, 5.74) is 5.15. The second kappa shape index (κ2) is 6.46. The maximum Gasteiger partial charge on any atom is 0.231 e. The van der Waals surface area contributed by atoms with Gasteiger partial charge in [0.25, 0.3) is 0 Å². The third kappa shape index (κ3) is 3.80. The quantitative estimate of drug-likeness (QED) is 0.701. The molecule has 5 nitrogen and oxygen atoms in total. The lowest BCUT2D eigenvalue weighted by atomic mass is 10.1. The Morgan fingerprint density at radius 3 is 2.50 bits per heavy atom. The predicted octanol–water partition coefficient (Wildman–Crippen LogP) is -0.218. The molecule has 1 amide bonds. The fraction of sp³-hybridized carbons (Fsp3) is 0.818. The standard InChI is InChI=1S/C11H20N4O/c1-2-3-10(8-12)15-6-4-14(5-7-15)9-11(13)16/h10H,2-7,9H2,1H3,(H2,13,16). The lowest BCUT2D eigenvalue weighted by Gasteiger charge is -2.36. The van der Waals surface area contributed by atoms with E-state index in [1.54, 1.807) is 0 Å². The van der Waals surface area contributed by atoms with Crippen molar-refractivity contribution in [2.45, 2.75) is 25.8 Å². The molecule has 1 aliphatic heterocycles. The van der Waals surface area contributed by atoms with Gasteiger partial charge in [0.2, 0.25) is 5.91 Å². The van der Waals surface area contributed by atoms with Gasteiger partial charge < -0.3 is 5.73 Å². The van der Waals surface area contributed by atoms with Crippen LogP contribution < -0.4 is 5.73 Å². The highest BCUT2D eigenvalue weighted by Gasteiger charge is 2.23. The molecule has 0 saturated carbocycles. The van der Waals surface area contributed by atoms with Crippen LogP contribution in [-0.4, -0.2) is 54.5 Å². The number of hydrogen-bond acceptors (Lipinski definition) is 4. The van der Waals surface area contributed by atoms with Crippen molar-refractivity contribution in [1.29, 1.82) is 5.26 Å². The molecule has 0 aromatic carbocycles. The van der Waals surface area contributed by atoms with E-state index in [-0.39, 0.29) is 11.9 Å². The van der Waals surface area contributed by atoms with Gasteiger partial charge in [-0.1, -0.05) is 13.3 Å². The van der Waals surface area contributed by atoms with Crippen molar-refractivity contribution in [3.63, 3.8) is 0 Å². The Labute approximate surface area is 96.8 Å². The average Bonchev–Trinajstić information content (AvgIpc) is 2.26. The van der Waals surface area contributed by atoms with Crippen molar-refractivity contribution in [3.05, 3.63) is 0 Å². The van der Waals surface area contributed by atoms with Gasteiger partial charge >= 0.3 is 0 Å². The normalized spacial score (nSPS) is 20.2. The molecule has 90 valence electrons. The fourth-order valence-corrected chi connectivity index (χ4v) is 2.06. The van der Waals surface area contributed by atoms with Crippen molar-refractivity contribution in [2.75, 3.05) is 32.7 Å².